The first-order valence-electron chi connectivity index (χ1n) is 7.54. The van der Waals surface area contributed by atoms with Gasteiger partial charge in [0.15, 0.2) is 0 Å². The van der Waals surface area contributed by atoms with Crippen LogP contribution < -0.4 is 16.0 Å². The predicted molar refractivity (Wildman–Crippen MR) is 83.3 cm³/mol. The van der Waals surface area contributed by atoms with Crippen molar-refractivity contribution in [3.05, 3.63) is 29.8 Å². The minimum Gasteiger partial charge on any atom is -0.348 e. The molecular formula is C16H23N3O2. The van der Waals surface area contributed by atoms with E-state index in [0.717, 1.165) is 19.4 Å². The van der Waals surface area contributed by atoms with Gasteiger partial charge in [-0.2, -0.15) is 0 Å². The van der Waals surface area contributed by atoms with Crippen LogP contribution in [0.1, 0.15) is 43.5 Å². The lowest BCUT2D eigenvalue weighted by Gasteiger charge is -2.30. The molecule has 5 nitrogen and oxygen atoms in total. The highest BCUT2D eigenvalue weighted by Gasteiger charge is 2.22. The van der Waals surface area contributed by atoms with Crippen molar-refractivity contribution in [1.29, 1.82) is 0 Å². The first-order valence-corrected chi connectivity index (χ1v) is 7.54. The molecule has 0 saturated carbocycles. The number of hydrogen-bond acceptors (Lipinski definition) is 3. The SMILES string of the molecule is CCC(=O)Nc1cccc(C(=O)NC2CCCNC2C)c1. The van der Waals surface area contributed by atoms with Crippen LogP contribution in [0, 0.1) is 0 Å². The lowest BCUT2D eigenvalue weighted by molar-refractivity contribution is -0.115. The Kier molecular flexibility index (Phi) is 5.33. The molecule has 1 fully saturated rings. The second-order valence-electron chi connectivity index (χ2n) is 5.45. The van der Waals surface area contributed by atoms with Crippen LogP contribution in [0.3, 0.4) is 0 Å². The number of anilines is 1. The number of piperidine rings is 1. The van der Waals surface area contributed by atoms with E-state index >= 15 is 0 Å². The van der Waals surface area contributed by atoms with Crippen molar-refractivity contribution in [2.45, 2.75) is 45.2 Å². The van der Waals surface area contributed by atoms with Gasteiger partial charge in [0.05, 0.1) is 0 Å². The van der Waals surface area contributed by atoms with Gasteiger partial charge in [0.2, 0.25) is 5.91 Å². The zero-order valence-electron chi connectivity index (χ0n) is 12.6. The third kappa shape index (κ3) is 4.29. The van der Waals surface area contributed by atoms with Crippen LogP contribution in [0.25, 0.3) is 0 Å². The summed E-state index contributed by atoms with van der Waals surface area (Å²) in [6.45, 7) is 4.89. The highest BCUT2D eigenvalue weighted by atomic mass is 16.2. The molecule has 2 unspecified atom stereocenters. The molecule has 2 atom stereocenters. The van der Waals surface area contributed by atoms with Crippen molar-refractivity contribution in [1.82, 2.24) is 10.6 Å². The maximum atomic E-state index is 12.3. The third-order valence-corrected chi connectivity index (χ3v) is 3.81. The van der Waals surface area contributed by atoms with Crippen molar-refractivity contribution in [3.8, 4) is 0 Å². The maximum absolute atomic E-state index is 12.3. The summed E-state index contributed by atoms with van der Waals surface area (Å²) >= 11 is 0. The Bertz CT molecular complexity index is 516. The van der Waals surface area contributed by atoms with Gasteiger partial charge < -0.3 is 16.0 Å². The summed E-state index contributed by atoms with van der Waals surface area (Å²) in [6, 6.07) is 7.48. The molecule has 1 saturated heterocycles. The van der Waals surface area contributed by atoms with Gasteiger partial charge in [-0.15, -0.1) is 0 Å². The maximum Gasteiger partial charge on any atom is 0.251 e. The molecule has 0 aliphatic carbocycles. The second kappa shape index (κ2) is 7.22. The number of carbonyl (C=O) groups excluding carboxylic acids is 2. The van der Waals surface area contributed by atoms with Gasteiger partial charge in [-0.25, -0.2) is 0 Å². The Balaban J connectivity index is 2.01. The monoisotopic (exact) mass is 289 g/mol. The highest BCUT2D eigenvalue weighted by molar-refractivity contribution is 5.97. The Labute approximate surface area is 125 Å². The molecule has 0 bridgehead atoms. The first-order chi connectivity index (χ1) is 10.1. The van der Waals surface area contributed by atoms with Gasteiger partial charge >= 0.3 is 0 Å². The van der Waals surface area contributed by atoms with Gasteiger partial charge in [-0.05, 0) is 44.5 Å². The molecule has 0 aromatic heterocycles. The van der Waals surface area contributed by atoms with E-state index in [4.69, 9.17) is 0 Å². The zero-order valence-corrected chi connectivity index (χ0v) is 12.6. The largest absolute Gasteiger partial charge is 0.348 e. The van der Waals surface area contributed by atoms with Crippen molar-refractivity contribution < 1.29 is 9.59 Å². The Morgan fingerprint density at radius 3 is 2.90 bits per heavy atom. The molecule has 1 aliphatic rings. The standard InChI is InChI=1S/C16H23N3O2/c1-3-15(20)18-13-7-4-6-12(10-13)16(21)19-14-8-5-9-17-11(14)2/h4,6-7,10-11,14,17H,3,5,8-9H2,1-2H3,(H,18,20)(H,19,21). The first kappa shape index (κ1) is 15.5. The molecule has 2 amide bonds. The van der Waals surface area contributed by atoms with Crippen LogP contribution in [-0.2, 0) is 4.79 Å². The molecule has 114 valence electrons. The smallest absolute Gasteiger partial charge is 0.251 e. The van der Waals surface area contributed by atoms with E-state index in [1.807, 2.05) is 0 Å². The summed E-state index contributed by atoms with van der Waals surface area (Å²) in [6.07, 6.45) is 2.48. The molecule has 1 heterocycles. The van der Waals surface area contributed by atoms with E-state index in [1.54, 1.807) is 31.2 Å². The Morgan fingerprint density at radius 1 is 1.38 bits per heavy atom. The number of carbonyl (C=O) groups is 2. The van der Waals surface area contributed by atoms with Crippen LogP contribution in [0.2, 0.25) is 0 Å². The van der Waals surface area contributed by atoms with Gasteiger partial charge in [-0.1, -0.05) is 13.0 Å². The van der Waals surface area contributed by atoms with E-state index in [1.165, 1.54) is 0 Å². The molecule has 0 spiro atoms. The van der Waals surface area contributed by atoms with Crippen molar-refractivity contribution in [3.63, 3.8) is 0 Å². The zero-order chi connectivity index (χ0) is 15.2. The van der Waals surface area contributed by atoms with E-state index < -0.39 is 0 Å². The van der Waals surface area contributed by atoms with Crippen LogP contribution in [-0.4, -0.2) is 30.4 Å². The van der Waals surface area contributed by atoms with Gasteiger partial charge in [0.25, 0.3) is 5.91 Å². The summed E-state index contributed by atoms with van der Waals surface area (Å²) in [5.74, 6) is -0.152. The van der Waals surface area contributed by atoms with Gasteiger partial charge in [0, 0.05) is 29.8 Å². The number of benzene rings is 1. The molecule has 1 aliphatic heterocycles. The van der Waals surface area contributed by atoms with Crippen LogP contribution in [0.4, 0.5) is 5.69 Å². The summed E-state index contributed by atoms with van der Waals surface area (Å²) in [4.78, 5) is 23.7. The van der Waals surface area contributed by atoms with E-state index in [-0.39, 0.29) is 23.9 Å². The van der Waals surface area contributed by atoms with Gasteiger partial charge in [-0.3, -0.25) is 9.59 Å². The Morgan fingerprint density at radius 2 is 2.19 bits per heavy atom. The molecule has 1 aromatic carbocycles. The Hall–Kier alpha value is -1.88. The highest BCUT2D eigenvalue weighted by Crippen LogP contribution is 2.13. The lowest BCUT2D eigenvalue weighted by atomic mass is 9.99. The third-order valence-electron chi connectivity index (χ3n) is 3.81. The van der Waals surface area contributed by atoms with Crippen molar-refractivity contribution in [2.24, 2.45) is 0 Å². The van der Waals surface area contributed by atoms with Crippen LogP contribution in [0.5, 0.6) is 0 Å². The second-order valence-corrected chi connectivity index (χ2v) is 5.45. The summed E-state index contributed by atoms with van der Waals surface area (Å²) in [5, 5.41) is 9.20. The molecule has 3 N–H and O–H groups in total. The van der Waals surface area contributed by atoms with E-state index in [2.05, 4.69) is 22.9 Å². The average Bonchev–Trinajstić information content (AvgIpc) is 2.49. The fourth-order valence-corrected chi connectivity index (χ4v) is 2.48. The quantitative estimate of drug-likeness (QED) is 0.793. The fourth-order valence-electron chi connectivity index (χ4n) is 2.48. The summed E-state index contributed by atoms with van der Waals surface area (Å²) < 4.78 is 0. The normalized spacial score (nSPS) is 21.6. The number of amides is 2. The minimum absolute atomic E-state index is 0.0577. The fraction of sp³-hybridized carbons (Fsp3) is 0.500. The molecule has 21 heavy (non-hydrogen) atoms. The summed E-state index contributed by atoms with van der Waals surface area (Å²) in [5.41, 5.74) is 1.23. The van der Waals surface area contributed by atoms with E-state index in [0.29, 0.717) is 17.7 Å². The summed E-state index contributed by atoms with van der Waals surface area (Å²) in [7, 11) is 0. The van der Waals surface area contributed by atoms with Gasteiger partial charge in [0.1, 0.15) is 0 Å². The molecule has 5 heteroatoms. The van der Waals surface area contributed by atoms with Crippen molar-refractivity contribution in [2.75, 3.05) is 11.9 Å². The minimum atomic E-state index is -0.0943. The predicted octanol–water partition coefficient (Wildman–Crippen LogP) is 1.91. The molecule has 0 radical (unpaired) electrons. The molecule has 2 rings (SSSR count). The number of rotatable bonds is 4. The van der Waals surface area contributed by atoms with Crippen molar-refractivity contribution >= 4 is 17.5 Å². The van der Waals surface area contributed by atoms with Crippen LogP contribution in [0.15, 0.2) is 24.3 Å². The van der Waals surface area contributed by atoms with E-state index in [9.17, 15) is 9.59 Å². The number of nitrogens with one attached hydrogen (secondary N) is 3. The lowest BCUT2D eigenvalue weighted by Crippen LogP contribution is -2.51. The number of hydrogen-bond donors (Lipinski definition) is 3. The van der Waals surface area contributed by atoms with Crippen LogP contribution >= 0.6 is 0 Å². The molecular weight excluding hydrogens is 266 g/mol. The topological polar surface area (TPSA) is 70.2 Å². The average molecular weight is 289 g/mol. The molecule has 1 aromatic rings.